The Bertz CT molecular complexity index is 352. The molecule has 3 nitrogen and oxygen atoms in total. The van der Waals surface area contributed by atoms with Gasteiger partial charge in [0.1, 0.15) is 0 Å². The predicted octanol–water partition coefficient (Wildman–Crippen LogP) is 1.22. The number of aromatic nitrogens is 1. The Balaban J connectivity index is 1.96. The van der Waals surface area contributed by atoms with E-state index in [1.807, 2.05) is 6.20 Å². The Hall–Kier alpha value is -0.930. The summed E-state index contributed by atoms with van der Waals surface area (Å²) in [5, 5.41) is 12.2. The molecule has 1 aliphatic rings. The van der Waals surface area contributed by atoms with E-state index in [9.17, 15) is 0 Å². The molecule has 0 aliphatic heterocycles. The van der Waals surface area contributed by atoms with Crippen molar-refractivity contribution in [1.82, 2.24) is 10.3 Å². The number of pyridine rings is 1. The van der Waals surface area contributed by atoms with Crippen LogP contribution in [-0.4, -0.2) is 29.3 Å². The lowest BCUT2D eigenvalue weighted by molar-refractivity contribution is 0.281. The first kappa shape index (κ1) is 11.6. The average molecular weight is 220 g/mol. The molecule has 0 aromatic carbocycles. The third-order valence-corrected chi connectivity index (χ3v) is 3.33. The highest BCUT2D eigenvalue weighted by atomic mass is 16.3. The van der Waals surface area contributed by atoms with Crippen LogP contribution in [0.3, 0.4) is 0 Å². The summed E-state index contributed by atoms with van der Waals surface area (Å²) in [4.78, 5) is 4.47. The lowest BCUT2D eigenvalue weighted by atomic mass is 9.89. The maximum absolute atomic E-state index is 8.74. The number of aryl methyl sites for hydroxylation is 1. The fourth-order valence-electron chi connectivity index (χ4n) is 2.38. The molecule has 1 atom stereocenters. The standard InChI is InChI=1S/C13H20N2O/c1-10-5-7-15-13-9-11(3-4-12(10)13)14-6-2-8-16/h5,7,11,14,16H,2-4,6,8-9H2,1H3. The van der Waals surface area contributed by atoms with Crippen LogP contribution in [0.1, 0.15) is 29.7 Å². The van der Waals surface area contributed by atoms with E-state index in [0.29, 0.717) is 6.04 Å². The molecule has 0 saturated heterocycles. The third kappa shape index (κ3) is 2.60. The van der Waals surface area contributed by atoms with Crippen LogP contribution in [0.25, 0.3) is 0 Å². The minimum absolute atomic E-state index is 0.271. The van der Waals surface area contributed by atoms with E-state index in [-0.39, 0.29) is 6.61 Å². The SMILES string of the molecule is Cc1ccnc2c1CCC(NCCCO)C2. The molecular weight excluding hydrogens is 200 g/mol. The molecule has 2 rings (SSSR count). The molecule has 88 valence electrons. The van der Waals surface area contributed by atoms with Crippen molar-refractivity contribution in [3.05, 3.63) is 29.1 Å². The van der Waals surface area contributed by atoms with Gasteiger partial charge in [0.05, 0.1) is 0 Å². The minimum atomic E-state index is 0.271. The van der Waals surface area contributed by atoms with Crippen LogP contribution in [0.2, 0.25) is 0 Å². The van der Waals surface area contributed by atoms with Crippen molar-refractivity contribution in [2.45, 2.75) is 38.6 Å². The molecule has 1 aromatic rings. The Labute approximate surface area is 96.9 Å². The molecule has 1 heterocycles. The van der Waals surface area contributed by atoms with Gasteiger partial charge in [0.2, 0.25) is 0 Å². The van der Waals surface area contributed by atoms with Crippen molar-refractivity contribution in [3.8, 4) is 0 Å². The van der Waals surface area contributed by atoms with Crippen molar-refractivity contribution in [2.24, 2.45) is 0 Å². The molecule has 3 heteroatoms. The van der Waals surface area contributed by atoms with Gasteiger partial charge in [-0.25, -0.2) is 0 Å². The molecule has 0 amide bonds. The average Bonchev–Trinajstić information content (AvgIpc) is 2.30. The van der Waals surface area contributed by atoms with Crippen molar-refractivity contribution < 1.29 is 5.11 Å². The molecule has 0 fully saturated rings. The first-order valence-corrected chi connectivity index (χ1v) is 6.09. The normalized spacial score (nSPS) is 19.5. The number of rotatable bonds is 4. The maximum atomic E-state index is 8.74. The van der Waals surface area contributed by atoms with Gasteiger partial charge in [-0.3, -0.25) is 4.98 Å². The van der Waals surface area contributed by atoms with Gasteiger partial charge in [-0.05, 0) is 49.9 Å². The first-order chi connectivity index (χ1) is 7.81. The zero-order valence-corrected chi connectivity index (χ0v) is 9.87. The van der Waals surface area contributed by atoms with E-state index >= 15 is 0 Å². The third-order valence-electron chi connectivity index (χ3n) is 3.33. The number of aliphatic hydroxyl groups is 1. The van der Waals surface area contributed by atoms with E-state index in [4.69, 9.17) is 5.11 Å². The number of fused-ring (bicyclic) bond motifs is 1. The quantitative estimate of drug-likeness (QED) is 0.750. The summed E-state index contributed by atoms with van der Waals surface area (Å²) in [6, 6.07) is 2.63. The van der Waals surface area contributed by atoms with E-state index in [0.717, 1.165) is 25.8 Å². The van der Waals surface area contributed by atoms with Gasteiger partial charge in [0.25, 0.3) is 0 Å². The van der Waals surface area contributed by atoms with E-state index < -0.39 is 0 Å². The first-order valence-electron chi connectivity index (χ1n) is 6.09. The zero-order valence-electron chi connectivity index (χ0n) is 9.87. The van der Waals surface area contributed by atoms with Gasteiger partial charge >= 0.3 is 0 Å². The molecule has 0 saturated carbocycles. The molecule has 0 bridgehead atoms. The zero-order chi connectivity index (χ0) is 11.4. The summed E-state index contributed by atoms with van der Waals surface area (Å²) in [5.41, 5.74) is 4.08. The minimum Gasteiger partial charge on any atom is -0.396 e. The summed E-state index contributed by atoms with van der Waals surface area (Å²) in [6.07, 6.45) is 6.09. The highest BCUT2D eigenvalue weighted by molar-refractivity contribution is 5.31. The van der Waals surface area contributed by atoms with E-state index in [1.54, 1.807) is 0 Å². The molecular formula is C13H20N2O. The second-order valence-corrected chi connectivity index (χ2v) is 4.52. The van der Waals surface area contributed by atoms with Crippen LogP contribution >= 0.6 is 0 Å². The number of hydrogen-bond donors (Lipinski definition) is 2. The lowest BCUT2D eigenvalue weighted by Crippen LogP contribution is -2.36. The molecule has 2 N–H and O–H groups in total. The Kier molecular flexibility index (Phi) is 3.91. The van der Waals surface area contributed by atoms with Crippen molar-refractivity contribution in [2.75, 3.05) is 13.2 Å². The van der Waals surface area contributed by atoms with Crippen LogP contribution in [0, 0.1) is 6.92 Å². The Morgan fingerprint density at radius 1 is 1.56 bits per heavy atom. The number of nitrogens with one attached hydrogen (secondary N) is 1. The fourth-order valence-corrected chi connectivity index (χ4v) is 2.38. The summed E-state index contributed by atoms with van der Waals surface area (Å²) >= 11 is 0. The summed E-state index contributed by atoms with van der Waals surface area (Å²) < 4.78 is 0. The van der Waals surface area contributed by atoms with Gasteiger partial charge in [-0.15, -0.1) is 0 Å². The van der Waals surface area contributed by atoms with E-state index in [1.165, 1.54) is 23.2 Å². The smallest absolute Gasteiger partial charge is 0.0453 e. The van der Waals surface area contributed by atoms with Gasteiger partial charge in [0, 0.05) is 31.0 Å². The van der Waals surface area contributed by atoms with Crippen LogP contribution in [0.4, 0.5) is 0 Å². The van der Waals surface area contributed by atoms with Crippen LogP contribution < -0.4 is 5.32 Å². The van der Waals surface area contributed by atoms with Crippen molar-refractivity contribution >= 4 is 0 Å². The monoisotopic (exact) mass is 220 g/mol. The molecule has 1 aromatic heterocycles. The second kappa shape index (κ2) is 5.41. The topological polar surface area (TPSA) is 45.2 Å². The van der Waals surface area contributed by atoms with Gasteiger partial charge in [-0.1, -0.05) is 0 Å². The maximum Gasteiger partial charge on any atom is 0.0453 e. The van der Waals surface area contributed by atoms with Crippen LogP contribution in [0.15, 0.2) is 12.3 Å². The predicted molar refractivity (Wildman–Crippen MR) is 64.5 cm³/mol. The van der Waals surface area contributed by atoms with Gasteiger partial charge < -0.3 is 10.4 Å². The molecule has 0 spiro atoms. The molecule has 1 aliphatic carbocycles. The van der Waals surface area contributed by atoms with Crippen molar-refractivity contribution in [3.63, 3.8) is 0 Å². The number of hydrogen-bond acceptors (Lipinski definition) is 3. The van der Waals surface area contributed by atoms with Gasteiger partial charge in [0.15, 0.2) is 0 Å². The lowest BCUT2D eigenvalue weighted by Gasteiger charge is -2.25. The summed E-state index contributed by atoms with van der Waals surface area (Å²) in [6.45, 7) is 3.34. The Morgan fingerprint density at radius 2 is 2.44 bits per heavy atom. The fraction of sp³-hybridized carbons (Fsp3) is 0.615. The largest absolute Gasteiger partial charge is 0.396 e. The van der Waals surface area contributed by atoms with Gasteiger partial charge in [-0.2, -0.15) is 0 Å². The molecule has 1 unspecified atom stereocenters. The second-order valence-electron chi connectivity index (χ2n) is 4.52. The number of nitrogens with zero attached hydrogens (tertiary/aromatic N) is 1. The van der Waals surface area contributed by atoms with E-state index in [2.05, 4.69) is 23.3 Å². The summed E-state index contributed by atoms with van der Waals surface area (Å²) in [5.74, 6) is 0. The number of aliphatic hydroxyl groups excluding tert-OH is 1. The summed E-state index contributed by atoms with van der Waals surface area (Å²) in [7, 11) is 0. The highest BCUT2D eigenvalue weighted by Crippen LogP contribution is 2.22. The molecule has 16 heavy (non-hydrogen) atoms. The van der Waals surface area contributed by atoms with Crippen LogP contribution in [0.5, 0.6) is 0 Å². The molecule has 0 radical (unpaired) electrons. The van der Waals surface area contributed by atoms with Crippen LogP contribution in [-0.2, 0) is 12.8 Å². The van der Waals surface area contributed by atoms with Crippen molar-refractivity contribution in [1.29, 1.82) is 0 Å². The Morgan fingerprint density at radius 3 is 3.25 bits per heavy atom. The highest BCUT2D eigenvalue weighted by Gasteiger charge is 2.19.